The number of aliphatic hydroxyl groups excluding tert-OH is 1. The Morgan fingerprint density at radius 1 is 1.03 bits per heavy atom. The Morgan fingerprint density at radius 3 is 2.45 bits per heavy atom. The van der Waals surface area contributed by atoms with Gasteiger partial charge in [0, 0.05) is 20.6 Å². The van der Waals surface area contributed by atoms with Crippen molar-refractivity contribution in [3.8, 4) is 5.75 Å². The SMILES string of the molecule is Cc1ccccc1OC[C@@H](O)Cn1c(NCc2ccccc2)nc2c1c(=O)n(C)c(=O)n2C. The lowest BCUT2D eigenvalue weighted by molar-refractivity contribution is 0.0935. The highest BCUT2D eigenvalue weighted by molar-refractivity contribution is 5.74. The van der Waals surface area contributed by atoms with Crippen molar-refractivity contribution in [1.29, 1.82) is 0 Å². The quantitative estimate of drug-likeness (QED) is 0.425. The minimum atomic E-state index is -0.916. The van der Waals surface area contributed by atoms with Gasteiger partial charge in [0.05, 0.1) is 6.54 Å². The fourth-order valence-corrected chi connectivity index (χ4v) is 3.70. The Bertz CT molecular complexity index is 1390. The topological polar surface area (TPSA) is 103 Å². The van der Waals surface area contributed by atoms with Crippen molar-refractivity contribution in [2.75, 3.05) is 11.9 Å². The molecule has 0 spiro atoms. The first-order valence-electron chi connectivity index (χ1n) is 10.7. The molecular weight excluding hydrogens is 422 g/mol. The van der Waals surface area contributed by atoms with Crippen LogP contribution in [-0.2, 0) is 27.2 Å². The number of imidazole rings is 1. The third kappa shape index (κ3) is 4.54. The van der Waals surface area contributed by atoms with E-state index >= 15 is 0 Å². The fourth-order valence-electron chi connectivity index (χ4n) is 3.70. The number of rotatable bonds is 8. The molecule has 2 heterocycles. The zero-order chi connectivity index (χ0) is 23.5. The molecule has 4 rings (SSSR count). The van der Waals surface area contributed by atoms with Crippen LogP contribution in [0.15, 0.2) is 64.2 Å². The van der Waals surface area contributed by atoms with Gasteiger partial charge >= 0.3 is 5.69 Å². The molecule has 0 aliphatic rings. The Labute approximate surface area is 190 Å². The molecule has 0 aliphatic heterocycles. The van der Waals surface area contributed by atoms with Crippen molar-refractivity contribution in [1.82, 2.24) is 18.7 Å². The number of aromatic nitrogens is 4. The largest absolute Gasteiger partial charge is 0.491 e. The molecule has 9 nitrogen and oxygen atoms in total. The van der Waals surface area contributed by atoms with Gasteiger partial charge < -0.3 is 19.7 Å². The van der Waals surface area contributed by atoms with Crippen LogP contribution >= 0.6 is 0 Å². The summed E-state index contributed by atoms with van der Waals surface area (Å²) in [4.78, 5) is 29.9. The summed E-state index contributed by atoms with van der Waals surface area (Å²) in [5.74, 6) is 1.08. The van der Waals surface area contributed by atoms with Gasteiger partial charge in [-0.05, 0) is 24.1 Å². The lowest BCUT2D eigenvalue weighted by Gasteiger charge is -2.17. The van der Waals surface area contributed by atoms with E-state index in [9.17, 15) is 14.7 Å². The van der Waals surface area contributed by atoms with E-state index in [0.717, 1.165) is 15.7 Å². The summed E-state index contributed by atoms with van der Waals surface area (Å²) in [6.45, 7) is 2.50. The number of para-hydroxylation sites is 1. The number of aliphatic hydroxyl groups is 1. The smallest absolute Gasteiger partial charge is 0.332 e. The van der Waals surface area contributed by atoms with Gasteiger partial charge in [0.1, 0.15) is 18.5 Å². The molecule has 33 heavy (non-hydrogen) atoms. The number of hydrogen-bond acceptors (Lipinski definition) is 6. The minimum Gasteiger partial charge on any atom is -0.491 e. The summed E-state index contributed by atoms with van der Waals surface area (Å²) in [5.41, 5.74) is 1.56. The fraction of sp³-hybridized carbons (Fsp3) is 0.292. The average molecular weight is 450 g/mol. The Hall–Kier alpha value is -3.85. The summed E-state index contributed by atoms with van der Waals surface area (Å²) in [6, 6.07) is 17.3. The molecule has 0 aliphatic carbocycles. The van der Waals surface area contributed by atoms with E-state index in [1.165, 1.54) is 11.6 Å². The van der Waals surface area contributed by atoms with E-state index in [1.807, 2.05) is 61.5 Å². The summed E-state index contributed by atoms with van der Waals surface area (Å²) in [5, 5.41) is 14.0. The van der Waals surface area contributed by atoms with E-state index in [-0.39, 0.29) is 24.3 Å². The minimum absolute atomic E-state index is 0.0364. The zero-order valence-electron chi connectivity index (χ0n) is 18.9. The Morgan fingerprint density at radius 2 is 1.73 bits per heavy atom. The highest BCUT2D eigenvalue weighted by Crippen LogP contribution is 2.19. The lowest BCUT2D eigenvalue weighted by atomic mass is 10.2. The van der Waals surface area contributed by atoms with E-state index < -0.39 is 17.4 Å². The second kappa shape index (κ2) is 9.33. The van der Waals surface area contributed by atoms with Crippen molar-refractivity contribution < 1.29 is 9.84 Å². The number of aryl methyl sites for hydroxylation is 2. The van der Waals surface area contributed by atoms with Crippen molar-refractivity contribution in [2.45, 2.75) is 26.1 Å². The Kier molecular flexibility index (Phi) is 6.32. The number of anilines is 1. The predicted octanol–water partition coefficient (Wildman–Crippen LogP) is 1.79. The molecule has 2 aromatic heterocycles. The summed E-state index contributed by atoms with van der Waals surface area (Å²) in [7, 11) is 3.00. The highest BCUT2D eigenvalue weighted by Gasteiger charge is 2.21. The molecule has 2 aromatic carbocycles. The van der Waals surface area contributed by atoms with E-state index in [0.29, 0.717) is 18.2 Å². The zero-order valence-corrected chi connectivity index (χ0v) is 18.9. The number of fused-ring (bicyclic) bond motifs is 1. The van der Waals surface area contributed by atoms with Gasteiger partial charge in [0.15, 0.2) is 11.2 Å². The summed E-state index contributed by atoms with van der Waals surface area (Å²) < 4.78 is 9.77. The van der Waals surface area contributed by atoms with Gasteiger partial charge in [0.25, 0.3) is 5.56 Å². The maximum atomic E-state index is 13.0. The van der Waals surface area contributed by atoms with Gasteiger partial charge in [-0.25, -0.2) is 4.79 Å². The van der Waals surface area contributed by atoms with Crippen LogP contribution in [-0.4, -0.2) is 36.5 Å². The first-order chi connectivity index (χ1) is 15.9. The van der Waals surface area contributed by atoms with E-state index in [1.54, 1.807) is 11.6 Å². The molecule has 0 radical (unpaired) electrons. The van der Waals surface area contributed by atoms with Gasteiger partial charge in [-0.3, -0.25) is 13.9 Å². The van der Waals surface area contributed by atoms with Crippen LogP contribution in [0, 0.1) is 6.92 Å². The molecular formula is C24H27N5O4. The molecule has 4 aromatic rings. The molecule has 0 amide bonds. The second-order valence-corrected chi connectivity index (χ2v) is 7.99. The maximum absolute atomic E-state index is 13.0. The number of ether oxygens (including phenoxy) is 1. The molecule has 172 valence electrons. The van der Waals surface area contributed by atoms with Gasteiger partial charge in [-0.1, -0.05) is 48.5 Å². The number of nitrogens with zero attached hydrogens (tertiary/aromatic N) is 4. The summed E-state index contributed by atoms with van der Waals surface area (Å²) >= 11 is 0. The van der Waals surface area contributed by atoms with Gasteiger partial charge in [-0.15, -0.1) is 0 Å². The van der Waals surface area contributed by atoms with Crippen molar-refractivity contribution in [2.24, 2.45) is 14.1 Å². The number of hydrogen-bond donors (Lipinski definition) is 2. The van der Waals surface area contributed by atoms with Crippen LogP contribution in [0.4, 0.5) is 5.95 Å². The lowest BCUT2D eigenvalue weighted by Crippen LogP contribution is -2.38. The van der Waals surface area contributed by atoms with E-state index in [4.69, 9.17) is 4.74 Å². The first-order valence-corrected chi connectivity index (χ1v) is 10.7. The number of benzene rings is 2. The first kappa shape index (κ1) is 22.3. The van der Waals surface area contributed by atoms with Crippen molar-refractivity contribution in [3.63, 3.8) is 0 Å². The van der Waals surface area contributed by atoms with E-state index in [2.05, 4.69) is 10.3 Å². The maximum Gasteiger partial charge on any atom is 0.332 e. The van der Waals surface area contributed by atoms with Crippen LogP contribution < -0.4 is 21.3 Å². The molecule has 2 N–H and O–H groups in total. The molecule has 0 fully saturated rings. The monoisotopic (exact) mass is 449 g/mol. The summed E-state index contributed by atoms with van der Waals surface area (Å²) in [6.07, 6.45) is -0.916. The normalized spacial score (nSPS) is 12.1. The molecule has 9 heteroatoms. The molecule has 0 saturated carbocycles. The molecule has 0 unspecified atom stereocenters. The third-order valence-electron chi connectivity index (χ3n) is 5.56. The highest BCUT2D eigenvalue weighted by atomic mass is 16.5. The van der Waals surface area contributed by atoms with Crippen molar-refractivity contribution in [3.05, 3.63) is 86.6 Å². The predicted molar refractivity (Wildman–Crippen MR) is 127 cm³/mol. The average Bonchev–Trinajstić information content (AvgIpc) is 3.18. The Balaban J connectivity index is 1.67. The number of nitrogens with one attached hydrogen (secondary N) is 1. The molecule has 0 bridgehead atoms. The van der Waals surface area contributed by atoms with Gasteiger partial charge in [0.2, 0.25) is 5.95 Å². The van der Waals surface area contributed by atoms with Crippen LogP contribution in [0.2, 0.25) is 0 Å². The molecule has 0 saturated heterocycles. The van der Waals surface area contributed by atoms with Crippen LogP contribution in [0.5, 0.6) is 5.75 Å². The molecule has 1 atom stereocenters. The van der Waals surface area contributed by atoms with Crippen LogP contribution in [0.1, 0.15) is 11.1 Å². The third-order valence-corrected chi connectivity index (χ3v) is 5.56. The second-order valence-electron chi connectivity index (χ2n) is 7.99. The van der Waals surface area contributed by atoms with Crippen LogP contribution in [0.25, 0.3) is 11.2 Å². The van der Waals surface area contributed by atoms with Crippen molar-refractivity contribution >= 4 is 17.1 Å². The standard InChI is InChI=1S/C24H27N5O4/c1-16-9-7-8-12-19(16)33-15-18(30)14-29-20-21(27(2)24(32)28(3)22(20)31)26-23(29)25-13-17-10-5-4-6-11-17/h4-12,18,30H,13-15H2,1-3H3,(H,25,26)/t18-/m0/s1. The van der Waals surface area contributed by atoms with Crippen LogP contribution in [0.3, 0.4) is 0 Å². The van der Waals surface area contributed by atoms with Gasteiger partial charge in [-0.2, -0.15) is 4.98 Å².